The second-order valence-electron chi connectivity index (χ2n) is 18.7. The number of likely N-dealkylation sites (tertiary alicyclic amines) is 1. The van der Waals surface area contributed by atoms with Gasteiger partial charge in [-0.2, -0.15) is 0 Å². The minimum Gasteiger partial charge on any atom is -0.453 e. The molecule has 0 radical (unpaired) electrons. The quantitative estimate of drug-likeness (QED) is 0.192. The highest BCUT2D eigenvalue weighted by Crippen LogP contribution is 2.39. The Morgan fingerprint density at radius 2 is 1.62 bits per heavy atom. The summed E-state index contributed by atoms with van der Waals surface area (Å²) < 4.78 is 50.7. The Morgan fingerprint density at radius 1 is 0.923 bits per heavy atom. The molecule has 0 aliphatic carbocycles. The van der Waals surface area contributed by atoms with Crippen molar-refractivity contribution in [3.8, 4) is 16.9 Å². The largest absolute Gasteiger partial charge is 0.573 e. The number of alkyl carbamates (subject to hydrolysis) is 1. The van der Waals surface area contributed by atoms with Crippen molar-refractivity contribution >= 4 is 58.2 Å². The molecule has 0 saturated carbocycles. The number of ether oxygens (including phenoxy) is 2. The average molecular weight is 922 g/mol. The Balaban J connectivity index is 1.18. The van der Waals surface area contributed by atoms with Gasteiger partial charge in [0.05, 0.1) is 25.0 Å². The van der Waals surface area contributed by atoms with E-state index in [0.717, 1.165) is 22.9 Å². The van der Waals surface area contributed by atoms with Crippen LogP contribution in [0.5, 0.6) is 5.75 Å². The lowest BCUT2D eigenvalue weighted by atomic mass is 9.90. The normalized spacial score (nSPS) is 21.1. The van der Waals surface area contributed by atoms with Crippen molar-refractivity contribution in [1.82, 2.24) is 20.1 Å². The highest BCUT2D eigenvalue weighted by molar-refractivity contribution is 6.33. The molecule has 4 heterocycles. The van der Waals surface area contributed by atoms with Crippen molar-refractivity contribution in [2.45, 2.75) is 99.1 Å². The number of amides is 4. The molecule has 0 bridgehead atoms. The molecule has 3 aliphatic rings. The Labute approximate surface area is 383 Å². The number of pyridine rings is 1. The molecule has 6 rings (SSSR count). The predicted molar refractivity (Wildman–Crippen MR) is 246 cm³/mol. The lowest BCUT2D eigenvalue weighted by Gasteiger charge is -2.42. The topological polar surface area (TPSA) is 146 Å². The van der Waals surface area contributed by atoms with E-state index < -0.39 is 35.6 Å². The summed E-state index contributed by atoms with van der Waals surface area (Å²) in [7, 11) is 1.25. The van der Waals surface area contributed by atoms with Crippen LogP contribution in [0.1, 0.15) is 90.6 Å². The van der Waals surface area contributed by atoms with E-state index in [1.54, 1.807) is 41.3 Å². The van der Waals surface area contributed by atoms with Crippen molar-refractivity contribution in [3.63, 3.8) is 0 Å². The van der Waals surface area contributed by atoms with Gasteiger partial charge in [-0.1, -0.05) is 84.3 Å². The maximum atomic E-state index is 13.9. The summed E-state index contributed by atoms with van der Waals surface area (Å²) in [5, 5.41) is 5.67. The van der Waals surface area contributed by atoms with Crippen molar-refractivity contribution in [1.29, 1.82) is 0 Å². The Bertz CT molecular complexity index is 2310. The number of allylic oxidation sites excluding steroid dienone is 1. The smallest absolute Gasteiger partial charge is 0.453 e. The van der Waals surface area contributed by atoms with E-state index in [9.17, 15) is 32.3 Å². The molecule has 3 aliphatic heterocycles. The van der Waals surface area contributed by atoms with Crippen molar-refractivity contribution in [2.24, 2.45) is 28.2 Å². The van der Waals surface area contributed by atoms with Crippen LogP contribution in [0.3, 0.4) is 0 Å². The fourth-order valence-electron chi connectivity index (χ4n) is 8.77. The number of rotatable bonds is 10. The molecule has 3 aromatic rings. The number of nitrogens with one attached hydrogen (secondary N) is 2. The predicted octanol–water partition coefficient (Wildman–Crippen LogP) is 9.38. The van der Waals surface area contributed by atoms with Gasteiger partial charge in [0.2, 0.25) is 11.8 Å². The fourth-order valence-corrected chi connectivity index (χ4v) is 9.07. The first-order chi connectivity index (χ1) is 30.5. The summed E-state index contributed by atoms with van der Waals surface area (Å²) in [6.45, 7) is 17.7. The maximum Gasteiger partial charge on any atom is 0.573 e. The van der Waals surface area contributed by atoms with Gasteiger partial charge < -0.3 is 34.8 Å². The molecule has 0 spiro atoms. The number of aromatic nitrogens is 1. The van der Waals surface area contributed by atoms with Crippen LogP contribution >= 0.6 is 11.6 Å². The average Bonchev–Trinajstić information content (AvgIpc) is 3.57. The van der Waals surface area contributed by atoms with Crippen LogP contribution in [0.2, 0.25) is 0 Å². The van der Waals surface area contributed by atoms with Crippen molar-refractivity contribution < 1.29 is 41.8 Å². The molecule has 350 valence electrons. The van der Waals surface area contributed by atoms with Crippen LogP contribution in [0.4, 0.5) is 29.5 Å². The number of anilines is 2. The molecule has 13 nitrogen and oxygen atoms in total. The van der Waals surface area contributed by atoms with E-state index >= 15 is 0 Å². The van der Waals surface area contributed by atoms with E-state index in [1.165, 1.54) is 25.4 Å². The molecule has 1 aromatic heterocycles. The molecule has 65 heavy (non-hydrogen) atoms. The minimum absolute atomic E-state index is 0.00313. The molecule has 2 aromatic carbocycles. The van der Waals surface area contributed by atoms with Crippen molar-refractivity contribution in [3.05, 3.63) is 77.1 Å². The van der Waals surface area contributed by atoms with Crippen LogP contribution in [0.25, 0.3) is 16.7 Å². The maximum absolute atomic E-state index is 13.9. The summed E-state index contributed by atoms with van der Waals surface area (Å²) in [6, 6.07) is 13.1. The molecule has 17 heteroatoms. The van der Waals surface area contributed by atoms with Gasteiger partial charge in [-0.25, -0.2) is 14.8 Å². The van der Waals surface area contributed by atoms with E-state index in [4.69, 9.17) is 21.3 Å². The Hall–Kier alpha value is -5.64. The van der Waals surface area contributed by atoms with E-state index in [1.807, 2.05) is 46.4 Å². The molecule has 4 amide bonds. The van der Waals surface area contributed by atoms with Gasteiger partial charge in [-0.05, 0) is 91.0 Å². The first-order valence-corrected chi connectivity index (χ1v) is 22.4. The number of piperazine rings is 1. The third kappa shape index (κ3) is 11.6. The number of alkyl halides is 3. The Kier molecular flexibility index (Phi) is 14.9. The minimum atomic E-state index is -5.04. The van der Waals surface area contributed by atoms with Crippen molar-refractivity contribution in [2.75, 3.05) is 43.5 Å². The second kappa shape index (κ2) is 19.8. The number of carbonyl (C=O) groups is 4. The first kappa shape index (κ1) is 48.8. The zero-order valence-corrected chi connectivity index (χ0v) is 39.1. The lowest BCUT2D eigenvalue weighted by molar-refractivity contribution is -0.274. The molecule has 5 unspecified atom stereocenters. The summed E-state index contributed by atoms with van der Waals surface area (Å²) >= 11 is 6.97. The van der Waals surface area contributed by atoms with Crippen LogP contribution in [-0.4, -0.2) is 102 Å². The van der Waals surface area contributed by atoms with Crippen LogP contribution in [0.15, 0.2) is 70.9 Å². The van der Waals surface area contributed by atoms with Gasteiger partial charge in [0.25, 0.3) is 5.91 Å². The number of aliphatic imine (C=N–C) groups is 1. The van der Waals surface area contributed by atoms with Gasteiger partial charge in [0, 0.05) is 54.5 Å². The third-order valence-electron chi connectivity index (χ3n) is 12.2. The molecule has 2 saturated heterocycles. The summed E-state index contributed by atoms with van der Waals surface area (Å²) in [4.78, 5) is 67.5. The van der Waals surface area contributed by atoms with Crippen LogP contribution < -0.4 is 20.3 Å². The van der Waals surface area contributed by atoms with Gasteiger partial charge >= 0.3 is 12.5 Å². The summed E-state index contributed by atoms with van der Waals surface area (Å²) in [5.41, 5.74) is 2.60. The number of methoxy groups -OCH3 is 1. The standard InChI is InChI=1S/C48H59ClF3N7O6/c1-27(2)40(56-46(63)64-9)44(61)59-25-28(3)22-37(59)41-29(4)10-17-36(42(49)55-41)32-13-11-31(12-14-32)35-18-15-33(23-38(35)65-48(50,51)52)43(60)54-34-16-19-39(53-24-34)58-21-20-57(26-30(58)5)45(62)47(6,7)8/h11-16,18-19,23-24,27-30,37,40H,10,17,20-22,25-26H2,1-9H3,(H,54,60)(H,56,63). The second-order valence-corrected chi connectivity index (χ2v) is 19.0. The number of nitrogens with zero attached hydrogens (tertiary/aromatic N) is 5. The van der Waals surface area contributed by atoms with E-state index in [2.05, 4.69) is 39.1 Å². The van der Waals surface area contributed by atoms with Crippen LogP contribution in [0, 0.1) is 23.2 Å². The van der Waals surface area contributed by atoms with Gasteiger partial charge in [-0.3, -0.25) is 14.4 Å². The highest BCUT2D eigenvalue weighted by Gasteiger charge is 2.42. The number of benzene rings is 2. The summed E-state index contributed by atoms with van der Waals surface area (Å²) in [5.74, 6) is -0.703. The van der Waals surface area contributed by atoms with Crippen LogP contribution in [-0.2, 0) is 14.3 Å². The molecular formula is C48H59ClF3N7O6. The molecular weight excluding hydrogens is 863 g/mol. The van der Waals surface area contributed by atoms with E-state index in [-0.39, 0.29) is 57.9 Å². The van der Waals surface area contributed by atoms with E-state index in [0.29, 0.717) is 62.5 Å². The molecule has 2 fully saturated rings. The molecule has 5 atom stereocenters. The number of halogens is 4. The number of hydrogen-bond donors (Lipinski definition) is 2. The molecule has 2 N–H and O–H groups in total. The zero-order chi connectivity index (χ0) is 47.5. The highest BCUT2D eigenvalue weighted by atomic mass is 35.5. The SMILES string of the molecule is COC(=O)NC(C(=O)N1CC(C)CC1C1=NC(Cl)=C(c2ccc(-c3ccc(C(=O)Nc4ccc(N5CCN(C(=O)C(C)(C)C)CC5C)nc4)cc3OC(F)(F)F)cc2)CCC1C)C(C)C. The van der Waals surface area contributed by atoms with Gasteiger partial charge in [0.15, 0.2) is 0 Å². The number of hydrogen-bond acceptors (Lipinski definition) is 9. The fraction of sp³-hybridized carbons (Fsp3) is 0.500. The third-order valence-corrected chi connectivity index (χ3v) is 12.5. The van der Waals surface area contributed by atoms with Gasteiger partial charge in [-0.15, -0.1) is 13.2 Å². The monoisotopic (exact) mass is 921 g/mol. The lowest BCUT2D eigenvalue weighted by Crippen LogP contribution is -2.56. The number of carbonyl (C=O) groups excluding carboxylic acids is 4. The van der Waals surface area contributed by atoms with Gasteiger partial charge in [0.1, 0.15) is 22.8 Å². The first-order valence-electron chi connectivity index (χ1n) is 22.0. The summed E-state index contributed by atoms with van der Waals surface area (Å²) in [6.07, 6.45) is -2.32. The Morgan fingerprint density at radius 3 is 2.22 bits per heavy atom. The zero-order valence-electron chi connectivity index (χ0n) is 38.4.